The van der Waals surface area contributed by atoms with E-state index in [1.54, 1.807) is 6.92 Å². The van der Waals surface area contributed by atoms with Crippen LogP contribution in [-0.2, 0) is 14.3 Å². The molecule has 0 spiro atoms. The maximum absolute atomic E-state index is 11.9. The number of esters is 1. The minimum atomic E-state index is -0.803. The van der Waals surface area contributed by atoms with E-state index in [1.165, 1.54) is 7.11 Å². The van der Waals surface area contributed by atoms with E-state index in [9.17, 15) is 14.4 Å². The summed E-state index contributed by atoms with van der Waals surface area (Å²) in [6.45, 7) is 3.79. The molecule has 1 fully saturated rings. The van der Waals surface area contributed by atoms with Gasteiger partial charge in [-0.05, 0) is 19.8 Å². The largest absolute Gasteiger partial charge is 0.469 e. The minimum absolute atomic E-state index is 0.205. The van der Waals surface area contributed by atoms with Crippen molar-refractivity contribution in [2.45, 2.75) is 38.6 Å². The molecule has 1 heterocycles. The van der Waals surface area contributed by atoms with E-state index in [0.717, 1.165) is 4.90 Å². The Labute approximate surface area is 100 Å². The van der Waals surface area contributed by atoms with Crippen molar-refractivity contribution in [2.75, 3.05) is 13.7 Å². The molecule has 0 aromatic heterocycles. The van der Waals surface area contributed by atoms with Crippen molar-refractivity contribution in [3.8, 4) is 0 Å². The number of hydrogen-bond donors (Lipinski definition) is 1. The number of urea groups is 1. The average Bonchev–Trinajstić information content (AvgIpc) is 2.53. The van der Waals surface area contributed by atoms with Crippen LogP contribution in [0.5, 0.6) is 0 Å². The zero-order chi connectivity index (χ0) is 13.1. The van der Waals surface area contributed by atoms with Gasteiger partial charge in [-0.15, -0.1) is 0 Å². The van der Waals surface area contributed by atoms with Gasteiger partial charge in [-0.2, -0.15) is 0 Å². The number of carbonyl (C=O) groups is 3. The van der Waals surface area contributed by atoms with Crippen LogP contribution < -0.4 is 5.32 Å². The number of hydrogen-bond acceptors (Lipinski definition) is 4. The predicted molar refractivity (Wildman–Crippen MR) is 60.2 cm³/mol. The lowest BCUT2D eigenvalue weighted by atomic mass is 9.99. The molecule has 96 valence electrons. The Morgan fingerprint density at radius 2 is 2.12 bits per heavy atom. The molecule has 6 heteroatoms. The maximum atomic E-state index is 11.9. The van der Waals surface area contributed by atoms with E-state index in [0.29, 0.717) is 12.8 Å². The molecule has 1 aliphatic rings. The van der Waals surface area contributed by atoms with Crippen LogP contribution >= 0.6 is 0 Å². The standard InChI is InChI=1S/C11H18N2O4/c1-4-11(2)9(15)13(10(16)12-11)7-5-6-8(14)17-3/h4-7H2,1-3H3,(H,12,16). The third-order valence-corrected chi connectivity index (χ3v) is 3.04. The van der Waals surface area contributed by atoms with Gasteiger partial charge in [-0.25, -0.2) is 4.79 Å². The first kappa shape index (κ1) is 13.5. The van der Waals surface area contributed by atoms with Gasteiger partial charge >= 0.3 is 12.0 Å². The molecular weight excluding hydrogens is 224 g/mol. The van der Waals surface area contributed by atoms with Crippen molar-refractivity contribution in [1.82, 2.24) is 10.2 Å². The van der Waals surface area contributed by atoms with Crippen LogP contribution in [0.4, 0.5) is 4.79 Å². The van der Waals surface area contributed by atoms with Gasteiger partial charge in [0, 0.05) is 13.0 Å². The molecule has 0 aliphatic carbocycles. The zero-order valence-electron chi connectivity index (χ0n) is 10.4. The average molecular weight is 242 g/mol. The molecule has 1 unspecified atom stereocenters. The number of nitrogens with one attached hydrogen (secondary N) is 1. The third-order valence-electron chi connectivity index (χ3n) is 3.04. The molecule has 1 atom stereocenters. The molecule has 3 amide bonds. The smallest absolute Gasteiger partial charge is 0.325 e. The first-order chi connectivity index (χ1) is 7.94. The Balaban J connectivity index is 2.52. The van der Waals surface area contributed by atoms with Gasteiger partial charge in [0.15, 0.2) is 0 Å². The van der Waals surface area contributed by atoms with Crippen molar-refractivity contribution < 1.29 is 19.1 Å². The summed E-state index contributed by atoms with van der Waals surface area (Å²) in [5, 5.41) is 2.65. The highest BCUT2D eigenvalue weighted by Gasteiger charge is 2.45. The Bertz CT molecular complexity index is 342. The van der Waals surface area contributed by atoms with Crippen molar-refractivity contribution in [3.05, 3.63) is 0 Å². The lowest BCUT2D eigenvalue weighted by Crippen LogP contribution is -2.43. The van der Waals surface area contributed by atoms with Crippen molar-refractivity contribution in [1.29, 1.82) is 0 Å². The summed E-state index contributed by atoms with van der Waals surface area (Å²) in [5.41, 5.74) is -0.803. The van der Waals surface area contributed by atoms with E-state index >= 15 is 0 Å². The lowest BCUT2D eigenvalue weighted by Gasteiger charge is -2.19. The number of imide groups is 1. The number of methoxy groups -OCH3 is 1. The van der Waals surface area contributed by atoms with Crippen molar-refractivity contribution in [2.24, 2.45) is 0 Å². The van der Waals surface area contributed by atoms with Crippen LogP contribution in [0.3, 0.4) is 0 Å². The molecule has 0 aromatic carbocycles. The Morgan fingerprint density at radius 3 is 2.59 bits per heavy atom. The fraction of sp³-hybridized carbons (Fsp3) is 0.727. The van der Waals surface area contributed by atoms with Crippen LogP contribution in [0.2, 0.25) is 0 Å². The summed E-state index contributed by atoms with van der Waals surface area (Å²) in [6, 6.07) is -0.385. The second-order valence-corrected chi connectivity index (χ2v) is 4.25. The van der Waals surface area contributed by atoms with E-state index in [1.807, 2.05) is 6.92 Å². The maximum Gasteiger partial charge on any atom is 0.325 e. The normalized spacial score (nSPS) is 23.8. The number of ether oxygens (including phenoxy) is 1. The number of nitrogens with zero attached hydrogens (tertiary/aromatic N) is 1. The summed E-state index contributed by atoms with van der Waals surface area (Å²) in [4.78, 5) is 35.6. The van der Waals surface area contributed by atoms with E-state index < -0.39 is 5.54 Å². The highest BCUT2D eigenvalue weighted by atomic mass is 16.5. The quantitative estimate of drug-likeness (QED) is 0.567. The van der Waals surface area contributed by atoms with Gasteiger partial charge < -0.3 is 10.1 Å². The zero-order valence-corrected chi connectivity index (χ0v) is 10.4. The highest BCUT2D eigenvalue weighted by molar-refractivity contribution is 6.06. The molecular formula is C11H18N2O4. The summed E-state index contributed by atoms with van der Waals surface area (Å²) in [7, 11) is 1.31. The molecule has 0 bridgehead atoms. The number of rotatable bonds is 5. The number of amides is 3. The Hall–Kier alpha value is -1.59. The second-order valence-electron chi connectivity index (χ2n) is 4.25. The molecule has 6 nitrogen and oxygen atoms in total. The monoisotopic (exact) mass is 242 g/mol. The van der Waals surface area contributed by atoms with Crippen LogP contribution in [0.15, 0.2) is 0 Å². The second kappa shape index (κ2) is 5.16. The molecule has 1 aliphatic heterocycles. The van der Waals surface area contributed by atoms with Crippen LogP contribution in [0, 0.1) is 0 Å². The molecule has 0 saturated carbocycles. The fourth-order valence-electron chi connectivity index (χ4n) is 1.67. The molecule has 0 radical (unpaired) electrons. The topological polar surface area (TPSA) is 75.7 Å². The van der Waals surface area contributed by atoms with Crippen LogP contribution in [0.25, 0.3) is 0 Å². The van der Waals surface area contributed by atoms with E-state index in [2.05, 4.69) is 10.1 Å². The van der Waals surface area contributed by atoms with Crippen LogP contribution in [0.1, 0.15) is 33.1 Å². The van der Waals surface area contributed by atoms with Gasteiger partial charge in [-0.3, -0.25) is 14.5 Å². The Kier molecular flexibility index (Phi) is 4.09. The fourth-order valence-corrected chi connectivity index (χ4v) is 1.67. The number of carbonyl (C=O) groups excluding carboxylic acids is 3. The van der Waals surface area contributed by atoms with Gasteiger partial charge in [0.2, 0.25) is 0 Å². The molecule has 17 heavy (non-hydrogen) atoms. The molecule has 1 N–H and O–H groups in total. The van der Waals surface area contributed by atoms with Crippen LogP contribution in [-0.4, -0.2) is 42.0 Å². The van der Waals surface area contributed by atoms with Gasteiger partial charge in [-0.1, -0.05) is 6.92 Å². The Morgan fingerprint density at radius 1 is 1.47 bits per heavy atom. The van der Waals surface area contributed by atoms with Gasteiger partial charge in [0.1, 0.15) is 5.54 Å². The van der Waals surface area contributed by atoms with Crippen molar-refractivity contribution >= 4 is 17.9 Å². The van der Waals surface area contributed by atoms with Crippen molar-refractivity contribution in [3.63, 3.8) is 0 Å². The molecule has 1 saturated heterocycles. The first-order valence-electron chi connectivity index (χ1n) is 5.65. The van der Waals surface area contributed by atoms with E-state index in [-0.39, 0.29) is 30.9 Å². The lowest BCUT2D eigenvalue weighted by molar-refractivity contribution is -0.141. The predicted octanol–water partition coefficient (Wildman–Crippen LogP) is 0.660. The minimum Gasteiger partial charge on any atom is -0.469 e. The first-order valence-corrected chi connectivity index (χ1v) is 5.65. The highest BCUT2D eigenvalue weighted by Crippen LogP contribution is 2.20. The SMILES string of the molecule is CCC1(C)NC(=O)N(CCCC(=O)OC)C1=O. The summed E-state index contributed by atoms with van der Waals surface area (Å²) >= 11 is 0. The summed E-state index contributed by atoms with van der Waals surface area (Å²) in [5.74, 6) is -0.565. The van der Waals surface area contributed by atoms with Gasteiger partial charge in [0.05, 0.1) is 7.11 Å². The summed E-state index contributed by atoms with van der Waals surface area (Å²) in [6.07, 6.45) is 1.17. The third kappa shape index (κ3) is 2.75. The van der Waals surface area contributed by atoms with Gasteiger partial charge in [0.25, 0.3) is 5.91 Å². The molecule has 0 aromatic rings. The molecule has 1 rings (SSSR count). The van der Waals surface area contributed by atoms with E-state index in [4.69, 9.17) is 0 Å². The summed E-state index contributed by atoms with van der Waals surface area (Å²) < 4.78 is 4.49.